The van der Waals surface area contributed by atoms with Gasteiger partial charge >= 0.3 is 0 Å². The molecule has 0 aromatic carbocycles. The highest BCUT2D eigenvalue weighted by atomic mass is 35.5. The van der Waals surface area contributed by atoms with E-state index in [-0.39, 0.29) is 5.15 Å². The standard InChI is InChI=1S/C8H9Cl2NO/c1-2-7(12)5-3-6(9)8(10)11-4-5/h3-4,7,12H,2H2,1H3. The molecule has 0 saturated carbocycles. The Bertz CT molecular complexity index is 278. The molecular weight excluding hydrogens is 197 g/mol. The summed E-state index contributed by atoms with van der Waals surface area (Å²) in [6.07, 6.45) is 1.66. The Morgan fingerprint density at radius 2 is 2.25 bits per heavy atom. The maximum Gasteiger partial charge on any atom is 0.147 e. The van der Waals surface area contributed by atoms with E-state index in [9.17, 15) is 5.11 Å². The fourth-order valence-corrected chi connectivity index (χ4v) is 1.13. The monoisotopic (exact) mass is 205 g/mol. The van der Waals surface area contributed by atoms with Crippen molar-refractivity contribution in [3.8, 4) is 0 Å². The summed E-state index contributed by atoms with van der Waals surface area (Å²) < 4.78 is 0. The third-order valence-electron chi connectivity index (χ3n) is 1.59. The molecule has 1 N–H and O–H groups in total. The van der Waals surface area contributed by atoms with Crippen LogP contribution >= 0.6 is 23.2 Å². The average molecular weight is 206 g/mol. The molecule has 2 nitrogen and oxygen atoms in total. The van der Waals surface area contributed by atoms with E-state index in [1.807, 2.05) is 6.92 Å². The Morgan fingerprint density at radius 3 is 2.75 bits per heavy atom. The first-order chi connectivity index (χ1) is 5.65. The fraction of sp³-hybridized carbons (Fsp3) is 0.375. The zero-order valence-corrected chi connectivity index (χ0v) is 8.10. The second kappa shape index (κ2) is 4.08. The minimum Gasteiger partial charge on any atom is -0.388 e. The molecule has 1 heterocycles. The van der Waals surface area contributed by atoms with Gasteiger partial charge < -0.3 is 5.11 Å². The molecule has 0 aliphatic heterocycles. The van der Waals surface area contributed by atoms with Crippen molar-refractivity contribution in [2.24, 2.45) is 0 Å². The smallest absolute Gasteiger partial charge is 0.147 e. The summed E-state index contributed by atoms with van der Waals surface area (Å²) >= 11 is 11.3. The molecule has 0 fully saturated rings. The maximum absolute atomic E-state index is 9.40. The van der Waals surface area contributed by atoms with E-state index in [4.69, 9.17) is 23.2 Å². The van der Waals surface area contributed by atoms with E-state index >= 15 is 0 Å². The molecule has 12 heavy (non-hydrogen) atoms. The number of pyridine rings is 1. The summed E-state index contributed by atoms with van der Waals surface area (Å²) in [5, 5.41) is 10.0. The molecule has 0 bridgehead atoms. The molecule has 0 amide bonds. The van der Waals surface area contributed by atoms with E-state index < -0.39 is 6.10 Å². The number of rotatable bonds is 2. The lowest BCUT2D eigenvalue weighted by atomic mass is 10.1. The van der Waals surface area contributed by atoms with Gasteiger partial charge in [0.05, 0.1) is 11.1 Å². The van der Waals surface area contributed by atoms with Crippen LogP contribution in [-0.2, 0) is 0 Å². The molecule has 0 saturated heterocycles. The summed E-state index contributed by atoms with van der Waals surface area (Å²) in [5.41, 5.74) is 0.701. The molecule has 1 rings (SSSR count). The highest BCUT2D eigenvalue weighted by molar-refractivity contribution is 6.41. The van der Waals surface area contributed by atoms with Crippen LogP contribution in [0.3, 0.4) is 0 Å². The minimum absolute atomic E-state index is 0.267. The topological polar surface area (TPSA) is 33.1 Å². The quantitative estimate of drug-likeness (QED) is 0.754. The first-order valence-electron chi connectivity index (χ1n) is 3.64. The lowest BCUT2D eigenvalue weighted by Crippen LogP contribution is -1.95. The summed E-state index contributed by atoms with van der Waals surface area (Å²) in [6.45, 7) is 1.88. The van der Waals surface area contributed by atoms with E-state index in [0.29, 0.717) is 17.0 Å². The predicted octanol–water partition coefficient (Wildman–Crippen LogP) is 2.83. The number of hydrogen-bond acceptors (Lipinski definition) is 2. The van der Waals surface area contributed by atoms with Gasteiger partial charge in [-0.2, -0.15) is 0 Å². The average Bonchev–Trinajstić information content (AvgIpc) is 2.08. The van der Waals surface area contributed by atoms with Crippen molar-refractivity contribution >= 4 is 23.2 Å². The number of aromatic nitrogens is 1. The van der Waals surface area contributed by atoms with Crippen LogP contribution in [0.25, 0.3) is 0 Å². The SMILES string of the molecule is CCC(O)c1cnc(Cl)c(Cl)c1. The van der Waals surface area contributed by atoms with Crippen molar-refractivity contribution in [2.45, 2.75) is 19.4 Å². The number of aliphatic hydroxyl groups is 1. The molecule has 4 heteroatoms. The third kappa shape index (κ3) is 2.09. The summed E-state index contributed by atoms with van der Waals surface area (Å²) in [7, 11) is 0. The van der Waals surface area contributed by atoms with Crippen LogP contribution in [0.1, 0.15) is 25.0 Å². The Morgan fingerprint density at radius 1 is 1.58 bits per heavy atom. The Kier molecular flexibility index (Phi) is 3.32. The lowest BCUT2D eigenvalue weighted by Gasteiger charge is -2.07. The van der Waals surface area contributed by atoms with Gasteiger partial charge in [-0.25, -0.2) is 4.98 Å². The van der Waals surface area contributed by atoms with Crippen molar-refractivity contribution in [1.29, 1.82) is 0 Å². The molecule has 0 aliphatic carbocycles. The van der Waals surface area contributed by atoms with Gasteiger partial charge in [-0.3, -0.25) is 0 Å². The van der Waals surface area contributed by atoms with Gasteiger partial charge in [0.1, 0.15) is 5.15 Å². The van der Waals surface area contributed by atoms with Gasteiger partial charge in [-0.05, 0) is 12.5 Å². The number of halogens is 2. The first kappa shape index (κ1) is 9.78. The van der Waals surface area contributed by atoms with Gasteiger partial charge in [-0.1, -0.05) is 30.1 Å². The van der Waals surface area contributed by atoms with Crippen LogP contribution < -0.4 is 0 Å². The number of aliphatic hydroxyl groups excluding tert-OH is 1. The summed E-state index contributed by atoms with van der Waals surface area (Å²) in [5.74, 6) is 0. The zero-order chi connectivity index (χ0) is 9.14. The van der Waals surface area contributed by atoms with E-state index in [1.165, 1.54) is 6.20 Å². The third-order valence-corrected chi connectivity index (χ3v) is 2.27. The van der Waals surface area contributed by atoms with Crippen molar-refractivity contribution in [3.05, 3.63) is 28.0 Å². The van der Waals surface area contributed by atoms with Crippen LogP contribution in [0.15, 0.2) is 12.3 Å². The first-order valence-corrected chi connectivity index (χ1v) is 4.39. The number of hydrogen-bond donors (Lipinski definition) is 1. The molecule has 1 atom stereocenters. The van der Waals surface area contributed by atoms with Crippen molar-refractivity contribution < 1.29 is 5.11 Å². The molecule has 1 unspecified atom stereocenters. The lowest BCUT2D eigenvalue weighted by molar-refractivity contribution is 0.173. The van der Waals surface area contributed by atoms with Crippen LogP contribution in [0.4, 0.5) is 0 Å². The highest BCUT2D eigenvalue weighted by Crippen LogP contribution is 2.24. The van der Waals surface area contributed by atoms with Gasteiger partial charge in [0.25, 0.3) is 0 Å². The fourth-order valence-electron chi connectivity index (χ4n) is 0.854. The Hall–Kier alpha value is -0.310. The predicted molar refractivity (Wildman–Crippen MR) is 49.5 cm³/mol. The largest absolute Gasteiger partial charge is 0.388 e. The van der Waals surface area contributed by atoms with E-state index in [1.54, 1.807) is 6.07 Å². The zero-order valence-electron chi connectivity index (χ0n) is 6.59. The number of nitrogens with zero attached hydrogens (tertiary/aromatic N) is 1. The molecule has 0 radical (unpaired) electrons. The van der Waals surface area contributed by atoms with Crippen molar-refractivity contribution in [1.82, 2.24) is 4.98 Å². The molecule has 0 spiro atoms. The summed E-state index contributed by atoms with van der Waals surface area (Å²) in [6, 6.07) is 1.63. The maximum atomic E-state index is 9.40. The van der Waals surface area contributed by atoms with Gasteiger partial charge in [-0.15, -0.1) is 0 Å². The van der Waals surface area contributed by atoms with Gasteiger partial charge in [0.15, 0.2) is 0 Å². The van der Waals surface area contributed by atoms with Gasteiger partial charge in [0, 0.05) is 11.8 Å². The minimum atomic E-state index is -0.507. The Labute approximate surface area is 81.1 Å². The molecule has 66 valence electrons. The Balaban J connectivity index is 2.96. The van der Waals surface area contributed by atoms with Crippen LogP contribution in [0, 0.1) is 0 Å². The van der Waals surface area contributed by atoms with Crippen molar-refractivity contribution in [3.63, 3.8) is 0 Å². The van der Waals surface area contributed by atoms with Gasteiger partial charge in [0.2, 0.25) is 0 Å². The molecule has 1 aromatic heterocycles. The van der Waals surface area contributed by atoms with E-state index in [2.05, 4.69) is 4.98 Å². The molecule has 0 aliphatic rings. The molecule has 1 aromatic rings. The van der Waals surface area contributed by atoms with Crippen molar-refractivity contribution in [2.75, 3.05) is 0 Å². The normalized spacial score (nSPS) is 13.0. The van der Waals surface area contributed by atoms with E-state index in [0.717, 1.165) is 0 Å². The second-order valence-corrected chi connectivity index (χ2v) is 3.23. The van der Waals surface area contributed by atoms with Crippen LogP contribution in [0.5, 0.6) is 0 Å². The van der Waals surface area contributed by atoms with Crippen LogP contribution in [0.2, 0.25) is 10.2 Å². The second-order valence-electron chi connectivity index (χ2n) is 2.47. The summed E-state index contributed by atoms with van der Waals surface area (Å²) in [4.78, 5) is 3.82. The van der Waals surface area contributed by atoms with Crippen LogP contribution in [-0.4, -0.2) is 10.1 Å². The highest BCUT2D eigenvalue weighted by Gasteiger charge is 2.07. The molecular formula is C8H9Cl2NO.